The summed E-state index contributed by atoms with van der Waals surface area (Å²) in [6.07, 6.45) is 0. The molecule has 5 nitrogen and oxygen atoms in total. The van der Waals surface area contributed by atoms with Gasteiger partial charge in [-0.05, 0) is 7.05 Å². The lowest BCUT2D eigenvalue weighted by Gasteiger charge is -2.43. The van der Waals surface area contributed by atoms with Crippen LogP contribution in [-0.4, -0.2) is 72.0 Å². The van der Waals surface area contributed by atoms with Crippen LogP contribution in [0.15, 0.2) is 0 Å². The predicted molar refractivity (Wildman–Crippen MR) is 83.6 cm³/mol. The molecular weight excluding hydrogens is 270 g/mol. The molecule has 1 aromatic rings. The van der Waals surface area contributed by atoms with Crippen LogP contribution in [0, 0.1) is 5.92 Å². The number of hydrogen-bond donors (Lipinski definition) is 0. The van der Waals surface area contributed by atoms with Crippen molar-refractivity contribution in [2.24, 2.45) is 5.92 Å². The maximum absolute atomic E-state index is 4.64. The zero-order valence-corrected chi connectivity index (χ0v) is 13.6. The van der Waals surface area contributed by atoms with Crippen LogP contribution >= 0.6 is 11.5 Å². The lowest BCUT2D eigenvalue weighted by atomic mass is 10.00. The van der Waals surface area contributed by atoms with Crippen LogP contribution in [0.4, 0.5) is 5.13 Å². The Morgan fingerprint density at radius 2 is 1.90 bits per heavy atom. The quantitative estimate of drug-likeness (QED) is 0.838. The van der Waals surface area contributed by atoms with Gasteiger partial charge in [-0.3, -0.25) is 0 Å². The first-order chi connectivity index (χ1) is 9.61. The van der Waals surface area contributed by atoms with E-state index in [0.29, 0.717) is 5.92 Å². The van der Waals surface area contributed by atoms with Crippen molar-refractivity contribution in [3.05, 3.63) is 5.82 Å². The fraction of sp³-hybridized carbons (Fsp3) is 0.857. The molecule has 0 saturated carbocycles. The highest BCUT2D eigenvalue weighted by molar-refractivity contribution is 7.09. The van der Waals surface area contributed by atoms with Crippen LogP contribution in [0.3, 0.4) is 0 Å². The van der Waals surface area contributed by atoms with Crippen LogP contribution in [0.25, 0.3) is 0 Å². The Morgan fingerprint density at radius 3 is 2.50 bits per heavy atom. The van der Waals surface area contributed by atoms with Gasteiger partial charge in [-0.1, -0.05) is 13.8 Å². The van der Waals surface area contributed by atoms with Crippen molar-refractivity contribution in [3.63, 3.8) is 0 Å². The average molecular weight is 295 g/mol. The molecular formula is C14H25N5S. The van der Waals surface area contributed by atoms with Crippen LogP contribution < -0.4 is 4.90 Å². The van der Waals surface area contributed by atoms with Gasteiger partial charge in [0.05, 0.1) is 0 Å². The van der Waals surface area contributed by atoms with E-state index in [0.717, 1.165) is 30.0 Å². The third kappa shape index (κ3) is 3.13. The molecule has 2 aliphatic rings. The van der Waals surface area contributed by atoms with Crippen molar-refractivity contribution in [2.75, 3.05) is 57.8 Å². The maximum atomic E-state index is 4.64. The third-order valence-corrected chi connectivity index (χ3v) is 5.08. The van der Waals surface area contributed by atoms with Gasteiger partial charge in [0, 0.05) is 69.2 Å². The molecule has 0 aliphatic carbocycles. The van der Waals surface area contributed by atoms with Crippen molar-refractivity contribution in [1.82, 2.24) is 19.2 Å². The Hall–Kier alpha value is -0.720. The fourth-order valence-corrected chi connectivity index (χ4v) is 3.65. The van der Waals surface area contributed by atoms with E-state index in [2.05, 4.69) is 45.0 Å². The molecule has 1 aromatic heterocycles. The molecule has 0 spiro atoms. The molecule has 3 heterocycles. The standard InChI is InChI=1S/C14H25N5S/c1-11(2)13-15-14(20-16-13)19-9-12(10-19)8-18-6-4-17(3)5-7-18/h11-12H,4-10H2,1-3H3. The van der Waals surface area contributed by atoms with Gasteiger partial charge < -0.3 is 14.7 Å². The summed E-state index contributed by atoms with van der Waals surface area (Å²) in [6, 6.07) is 0. The van der Waals surface area contributed by atoms with E-state index in [9.17, 15) is 0 Å². The Bertz CT molecular complexity index is 433. The van der Waals surface area contributed by atoms with Gasteiger partial charge >= 0.3 is 0 Å². The molecule has 6 heteroatoms. The minimum atomic E-state index is 0.433. The largest absolute Gasteiger partial charge is 0.346 e. The summed E-state index contributed by atoms with van der Waals surface area (Å²) < 4.78 is 4.44. The van der Waals surface area contributed by atoms with Gasteiger partial charge in [-0.15, -0.1) is 0 Å². The van der Waals surface area contributed by atoms with E-state index >= 15 is 0 Å². The minimum absolute atomic E-state index is 0.433. The molecule has 0 atom stereocenters. The number of nitrogens with zero attached hydrogens (tertiary/aromatic N) is 5. The zero-order valence-electron chi connectivity index (χ0n) is 12.7. The number of anilines is 1. The van der Waals surface area contributed by atoms with Gasteiger partial charge in [-0.2, -0.15) is 4.37 Å². The van der Waals surface area contributed by atoms with Crippen LogP contribution in [-0.2, 0) is 0 Å². The lowest BCUT2D eigenvalue weighted by Crippen LogP contribution is -2.54. The number of hydrogen-bond acceptors (Lipinski definition) is 6. The van der Waals surface area contributed by atoms with Crippen LogP contribution in [0.1, 0.15) is 25.6 Å². The Kier molecular flexibility index (Phi) is 4.23. The normalized spacial score (nSPS) is 22.5. The van der Waals surface area contributed by atoms with Gasteiger partial charge in [-0.25, -0.2) is 4.98 Å². The molecule has 2 fully saturated rings. The first-order valence-corrected chi connectivity index (χ1v) is 8.38. The topological polar surface area (TPSA) is 35.5 Å². The fourth-order valence-electron chi connectivity index (χ4n) is 2.83. The first kappa shape index (κ1) is 14.2. The zero-order chi connectivity index (χ0) is 14.1. The Balaban J connectivity index is 1.44. The van der Waals surface area contributed by atoms with Gasteiger partial charge in [0.2, 0.25) is 5.13 Å². The summed E-state index contributed by atoms with van der Waals surface area (Å²) in [4.78, 5) is 12.0. The Morgan fingerprint density at radius 1 is 1.20 bits per heavy atom. The van der Waals surface area contributed by atoms with Gasteiger partial charge in [0.1, 0.15) is 5.82 Å². The highest BCUT2D eigenvalue weighted by atomic mass is 32.1. The maximum Gasteiger partial charge on any atom is 0.205 e. The van der Waals surface area contributed by atoms with E-state index in [1.807, 2.05) is 0 Å². The molecule has 2 saturated heterocycles. The Labute approximate surface area is 125 Å². The number of likely N-dealkylation sites (N-methyl/N-ethyl adjacent to an activating group) is 1. The number of piperazine rings is 1. The summed E-state index contributed by atoms with van der Waals surface area (Å²) in [7, 11) is 2.21. The molecule has 0 bridgehead atoms. The molecule has 0 radical (unpaired) electrons. The van der Waals surface area contributed by atoms with Gasteiger partial charge in [0.15, 0.2) is 0 Å². The van der Waals surface area contributed by atoms with E-state index in [1.54, 1.807) is 11.5 Å². The van der Waals surface area contributed by atoms with E-state index in [4.69, 9.17) is 0 Å². The molecule has 112 valence electrons. The van der Waals surface area contributed by atoms with E-state index < -0.39 is 0 Å². The van der Waals surface area contributed by atoms with Crippen molar-refractivity contribution >= 4 is 16.7 Å². The summed E-state index contributed by atoms with van der Waals surface area (Å²) >= 11 is 1.55. The molecule has 3 rings (SSSR count). The second kappa shape index (κ2) is 5.95. The average Bonchev–Trinajstić information content (AvgIpc) is 2.85. The van der Waals surface area contributed by atoms with E-state index in [-0.39, 0.29) is 0 Å². The lowest BCUT2D eigenvalue weighted by molar-refractivity contribution is 0.128. The molecule has 20 heavy (non-hydrogen) atoms. The predicted octanol–water partition coefficient (Wildman–Crippen LogP) is 1.35. The summed E-state index contributed by atoms with van der Waals surface area (Å²) in [5.41, 5.74) is 0. The molecule has 0 unspecified atom stereocenters. The molecule has 0 N–H and O–H groups in total. The summed E-state index contributed by atoms with van der Waals surface area (Å²) in [5, 5.41) is 1.11. The van der Waals surface area contributed by atoms with E-state index in [1.165, 1.54) is 32.7 Å². The van der Waals surface area contributed by atoms with Crippen molar-refractivity contribution < 1.29 is 0 Å². The third-order valence-electron chi connectivity index (χ3n) is 4.29. The molecule has 0 amide bonds. The van der Waals surface area contributed by atoms with Crippen LogP contribution in [0.2, 0.25) is 0 Å². The van der Waals surface area contributed by atoms with Crippen molar-refractivity contribution in [3.8, 4) is 0 Å². The SMILES string of the molecule is CC(C)c1nsc(N2CC(CN3CCN(C)CC3)C2)n1. The summed E-state index contributed by atoms with van der Waals surface area (Å²) in [6.45, 7) is 12.7. The first-order valence-electron chi connectivity index (χ1n) is 7.61. The van der Waals surface area contributed by atoms with Crippen LogP contribution in [0.5, 0.6) is 0 Å². The summed E-state index contributed by atoms with van der Waals surface area (Å²) in [5.74, 6) is 2.24. The monoisotopic (exact) mass is 295 g/mol. The molecule has 2 aliphatic heterocycles. The number of aromatic nitrogens is 2. The second-order valence-electron chi connectivity index (χ2n) is 6.46. The number of rotatable bonds is 4. The van der Waals surface area contributed by atoms with Gasteiger partial charge in [0.25, 0.3) is 0 Å². The second-order valence-corrected chi connectivity index (χ2v) is 7.20. The smallest absolute Gasteiger partial charge is 0.205 e. The minimum Gasteiger partial charge on any atom is -0.346 e. The highest BCUT2D eigenvalue weighted by Crippen LogP contribution is 2.28. The van der Waals surface area contributed by atoms with Crippen molar-refractivity contribution in [2.45, 2.75) is 19.8 Å². The molecule has 0 aromatic carbocycles. The highest BCUT2D eigenvalue weighted by Gasteiger charge is 2.31. The van der Waals surface area contributed by atoms with Crippen molar-refractivity contribution in [1.29, 1.82) is 0 Å².